The lowest BCUT2D eigenvalue weighted by Crippen LogP contribution is -2.32. The highest BCUT2D eigenvalue weighted by atomic mass is 16.5. The molecule has 4 aromatic heterocycles. The molecular weight excluding hydrogens is 342 g/mol. The summed E-state index contributed by atoms with van der Waals surface area (Å²) < 4.78 is 7.04. The van der Waals surface area contributed by atoms with Crippen LogP contribution in [0.5, 0.6) is 0 Å². The molecule has 8 heteroatoms. The molecule has 1 aliphatic heterocycles. The summed E-state index contributed by atoms with van der Waals surface area (Å²) in [5.74, 6) is 1.77. The van der Waals surface area contributed by atoms with Gasteiger partial charge in [-0.15, -0.1) is 15.3 Å². The second-order valence-electron chi connectivity index (χ2n) is 6.99. The molecule has 27 heavy (non-hydrogen) atoms. The van der Waals surface area contributed by atoms with Crippen LogP contribution < -0.4 is 4.90 Å². The van der Waals surface area contributed by atoms with Crippen molar-refractivity contribution in [2.45, 2.75) is 33.7 Å². The number of hydrogen-bond acceptors (Lipinski definition) is 7. The lowest BCUT2D eigenvalue weighted by atomic mass is 9.99. The molecule has 0 spiro atoms. The van der Waals surface area contributed by atoms with Gasteiger partial charge < -0.3 is 9.42 Å². The molecule has 0 N–H and O–H groups in total. The fourth-order valence-corrected chi connectivity index (χ4v) is 3.80. The highest BCUT2D eigenvalue weighted by molar-refractivity contribution is 5.68. The van der Waals surface area contributed by atoms with Gasteiger partial charge in [0.25, 0.3) is 0 Å². The van der Waals surface area contributed by atoms with Crippen molar-refractivity contribution in [3.05, 3.63) is 52.9 Å². The summed E-state index contributed by atoms with van der Waals surface area (Å²) in [6.45, 7) is 7.60. The Hall–Kier alpha value is -3.29. The van der Waals surface area contributed by atoms with Crippen molar-refractivity contribution in [2.75, 3.05) is 11.4 Å². The molecule has 8 nitrogen and oxygen atoms in total. The topological polar surface area (TPSA) is 85.2 Å². The van der Waals surface area contributed by atoms with E-state index in [0.29, 0.717) is 0 Å². The fourth-order valence-electron chi connectivity index (χ4n) is 3.80. The summed E-state index contributed by atoms with van der Waals surface area (Å²) >= 11 is 0. The Bertz CT molecular complexity index is 1140. The predicted molar refractivity (Wildman–Crippen MR) is 99.5 cm³/mol. The van der Waals surface area contributed by atoms with Crippen molar-refractivity contribution in [3.63, 3.8) is 0 Å². The number of anilines is 1. The molecule has 0 saturated heterocycles. The molecule has 0 atom stereocenters. The molecule has 5 rings (SSSR count). The number of pyridine rings is 1. The Labute approximate surface area is 155 Å². The SMILES string of the molecule is Cc1cc2nncn2nc1N1CCc2ncc(-c3c(C)noc3C)cc2C1. The molecule has 0 saturated carbocycles. The first-order valence-corrected chi connectivity index (χ1v) is 8.94. The van der Waals surface area contributed by atoms with Gasteiger partial charge >= 0.3 is 0 Å². The Morgan fingerprint density at radius 2 is 2.04 bits per heavy atom. The molecule has 0 aliphatic carbocycles. The highest BCUT2D eigenvalue weighted by Crippen LogP contribution is 2.31. The molecule has 1 aliphatic rings. The lowest BCUT2D eigenvalue weighted by Gasteiger charge is -2.30. The quantitative estimate of drug-likeness (QED) is 0.542. The summed E-state index contributed by atoms with van der Waals surface area (Å²) in [7, 11) is 0. The van der Waals surface area contributed by atoms with Gasteiger partial charge in [0.05, 0.1) is 5.69 Å². The van der Waals surface area contributed by atoms with Gasteiger partial charge in [0, 0.05) is 42.5 Å². The number of fused-ring (bicyclic) bond motifs is 2. The zero-order valence-corrected chi connectivity index (χ0v) is 15.5. The van der Waals surface area contributed by atoms with Crippen LogP contribution in [-0.2, 0) is 13.0 Å². The van der Waals surface area contributed by atoms with E-state index in [2.05, 4.69) is 33.2 Å². The van der Waals surface area contributed by atoms with E-state index in [1.165, 1.54) is 5.56 Å². The Balaban J connectivity index is 1.53. The minimum Gasteiger partial charge on any atom is -0.361 e. The van der Waals surface area contributed by atoms with Crippen LogP contribution >= 0.6 is 0 Å². The molecule has 0 aromatic carbocycles. The largest absolute Gasteiger partial charge is 0.361 e. The second kappa shape index (κ2) is 5.87. The van der Waals surface area contributed by atoms with Crippen LogP contribution in [0.3, 0.4) is 0 Å². The zero-order chi connectivity index (χ0) is 18.5. The third-order valence-corrected chi connectivity index (χ3v) is 5.12. The summed E-state index contributed by atoms with van der Waals surface area (Å²) in [6.07, 6.45) is 4.44. The van der Waals surface area contributed by atoms with Crippen molar-refractivity contribution in [2.24, 2.45) is 0 Å². The fraction of sp³-hybridized carbons (Fsp3) is 0.316. The van der Waals surface area contributed by atoms with Crippen molar-refractivity contribution in [1.82, 2.24) is 30.0 Å². The van der Waals surface area contributed by atoms with Gasteiger partial charge in [-0.2, -0.15) is 4.52 Å². The maximum Gasteiger partial charge on any atom is 0.177 e. The third-order valence-electron chi connectivity index (χ3n) is 5.12. The second-order valence-corrected chi connectivity index (χ2v) is 6.99. The van der Waals surface area contributed by atoms with Crippen LogP contribution in [0.2, 0.25) is 0 Å². The van der Waals surface area contributed by atoms with Crippen LogP contribution in [0.1, 0.15) is 28.3 Å². The summed E-state index contributed by atoms with van der Waals surface area (Å²) in [4.78, 5) is 7.00. The standard InChI is InChI=1S/C19H19N7O/c1-11-6-17-22-21-10-26(17)23-19(11)25-5-4-16-15(9-25)7-14(8-20-16)18-12(2)24-27-13(18)3/h6-8,10H,4-5,9H2,1-3H3. The smallest absolute Gasteiger partial charge is 0.177 e. The summed E-state index contributed by atoms with van der Waals surface area (Å²) in [5, 5.41) is 16.8. The van der Waals surface area contributed by atoms with E-state index >= 15 is 0 Å². The molecule has 0 fully saturated rings. The van der Waals surface area contributed by atoms with E-state index in [1.54, 1.807) is 10.8 Å². The van der Waals surface area contributed by atoms with Crippen molar-refractivity contribution >= 4 is 11.5 Å². The highest BCUT2D eigenvalue weighted by Gasteiger charge is 2.22. The Morgan fingerprint density at radius 3 is 2.85 bits per heavy atom. The first-order valence-electron chi connectivity index (χ1n) is 8.94. The number of aromatic nitrogens is 6. The van der Waals surface area contributed by atoms with E-state index in [4.69, 9.17) is 14.6 Å². The lowest BCUT2D eigenvalue weighted by molar-refractivity contribution is 0.393. The number of nitrogens with zero attached hydrogens (tertiary/aromatic N) is 7. The predicted octanol–water partition coefficient (Wildman–Crippen LogP) is 2.66. The number of aryl methyl sites for hydroxylation is 3. The van der Waals surface area contributed by atoms with Gasteiger partial charge in [-0.05, 0) is 44.0 Å². The minimum absolute atomic E-state index is 0.760. The molecule has 5 heterocycles. The molecule has 0 radical (unpaired) electrons. The average Bonchev–Trinajstić information content (AvgIpc) is 3.25. The molecular formula is C19H19N7O. The van der Waals surface area contributed by atoms with Gasteiger partial charge in [-0.25, -0.2) is 0 Å². The van der Waals surface area contributed by atoms with Crippen LogP contribution in [0.25, 0.3) is 16.8 Å². The monoisotopic (exact) mass is 361 g/mol. The first kappa shape index (κ1) is 15.9. The Morgan fingerprint density at radius 1 is 1.15 bits per heavy atom. The maximum atomic E-state index is 5.32. The third kappa shape index (κ3) is 2.56. The molecule has 0 unspecified atom stereocenters. The normalized spacial score (nSPS) is 14.0. The van der Waals surface area contributed by atoms with Crippen LogP contribution in [0, 0.1) is 20.8 Å². The van der Waals surface area contributed by atoms with Crippen molar-refractivity contribution < 1.29 is 4.52 Å². The van der Waals surface area contributed by atoms with E-state index in [1.807, 2.05) is 26.1 Å². The number of rotatable bonds is 2. The van der Waals surface area contributed by atoms with E-state index in [0.717, 1.165) is 64.8 Å². The molecule has 136 valence electrons. The van der Waals surface area contributed by atoms with E-state index in [-0.39, 0.29) is 0 Å². The van der Waals surface area contributed by atoms with Gasteiger partial charge in [0.1, 0.15) is 12.1 Å². The molecule has 4 aromatic rings. The van der Waals surface area contributed by atoms with Crippen LogP contribution in [0.15, 0.2) is 29.2 Å². The molecule has 0 bridgehead atoms. The summed E-state index contributed by atoms with van der Waals surface area (Å²) in [6, 6.07) is 4.22. The van der Waals surface area contributed by atoms with Crippen molar-refractivity contribution in [3.8, 4) is 11.1 Å². The van der Waals surface area contributed by atoms with Gasteiger partial charge in [0.2, 0.25) is 0 Å². The Kier molecular flexibility index (Phi) is 3.46. The van der Waals surface area contributed by atoms with Crippen LogP contribution in [-0.4, -0.2) is 36.5 Å². The minimum atomic E-state index is 0.760. The van der Waals surface area contributed by atoms with Crippen molar-refractivity contribution in [1.29, 1.82) is 0 Å². The van der Waals surface area contributed by atoms with E-state index in [9.17, 15) is 0 Å². The number of hydrogen-bond donors (Lipinski definition) is 0. The summed E-state index contributed by atoms with van der Waals surface area (Å²) in [5.41, 5.74) is 7.17. The van der Waals surface area contributed by atoms with E-state index < -0.39 is 0 Å². The average molecular weight is 361 g/mol. The molecule has 0 amide bonds. The van der Waals surface area contributed by atoms with Gasteiger partial charge in [-0.3, -0.25) is 4.98 Å². The van der Waals surface area contributed by atoms with Crippen LogP contribution in [0.4, 0.5) is 5.82 Å². The zero-order valence-electron chi connectivity index (χ0n) is 15.5. The first-order chi connectivity index (χ1) is 13.1. The maximum absolute atomic E-state index is 5.32. The van der Waals surface area contributed by atoms with Gasteiger partial charge in [0.15, 0.2) is 11.5 Å². The van der Waals surface area contributed by atoms with Gasteiger partial charge in [-0.1, -0.05) is 5.16 Å².